The standard InChI is InChI=1S/C44H30N2.2ClH.Zr/c1-3-15-29(16-4-1)45-39-25-13-11-23-37(39)41-33(31-19-7-9-21-35(31)43(41)45)27-28-34-32-20-8-10-22-36(32)44-42(34)38-24-12-14-26-40(38)46(44)30-17-5-2-6-18-30;;;/h1-22,25-26,33-34H,27-28H2;2*1H;/q;;;+2/p-2. The molecule has 2 nitrogen and oxygen atoms in total. The average molecular weight is 749 g/mol. The molecule has 0 fully saturated rings. The first kappa shape index (κ1) is 30.9. The van der Waals surface area contributed by atoms with Crippen LogP contribution in [0.15, 0.2) is 146 Å². The maximum absolute atomic E-state index is 2.58. The van der Waals surface area contributed by atoms with E-state index in [1.807, 2.05) is 0 Å². The summed E-state index contributed by atoms with van der Waals surface area (Å²) in [6, 6.07) is 55.0. The molecule has 5 heteroatoms. The Kier molecular flexibility index (Phi) is 7.40. The zero-order valence-electron chi connectivity index (χ0n) is 26.6. The maximum atomic E-state index is 2.58. The Hall–Kier alpha value is -4.14. The van der Waals surface area contributed by atoms with Crippen molar-refractivity contribution in [3.05, 3.63) is 168 Å². The molecule has 0 bridgehead atoms. The number of fused-ring (bicyclic) bond motifs is 6. The van der Waals surface area contributed by atoms with Gasteiger partial charge in [0, 0.05) is 0 Å². The van der Waals surface area contributed by atoms with Crippen molar-refractivity contribution in [2.45, 2.75) is 24.7 Å². The summed E-state index contributed by atoms with van der Waals surface area (Å²) in [6.07, 6.45) is 2.24. The van der Waals surface area contributed by atoms with Gasteiger partial charge >= 0.3 is 287 Å². The molecule has 3 heterocycles. The molecule has 2 aromatic heterocycles. The number of para-hydroxylation sites is 2. The van der Waals surface area contributed by atoms with Gasteiger partial charge in [-0.2, -0.15) is 0 Å². The first-order valence-corrected chi connectivity index (χ1v) is 19.2. The monoisotopic (exact) mass is 746 g/mol. The summed E-state index contributed by atoms with van der Waals surface area (Å²) >= 11 is -1.26. The van der Waals surface area contributed by atoms with E-state index in [1.54, 1.807) is 17.7 Å². The van der Waals surface area contributed by atoms with Crippen LogP contribution in [-0.2, 0) is 23.2 Å². The molecule has 11 rings (SSSR count). The normalized spacial score (nSPS) is 16.1. The van der Waals surface area contributed by atoms with Gasteiger partial charge in [0.2, 0.25) is 0 Å². The predicted molar refractivity (Wildman–Crippen MR) is 190 cm³/mol. The van der Waals surface area contributed by atoms with Crippen LogP contribution in [0.2, 0.25) is 0 Å². The van der Waals surface area contributed by atoms with E-state index in [-0.39, 0.29) is 24.8 Å². The Morgan fingerprint density at radius 3 is 1.29 bits per heavy atom. The van der Waals surface area contributed by atoms with Crippen LogP contribution in [0.1, 0.15) is 46.9 Å². The van der Waals surface area contributed by atoms with Crippen molar-refractivity contribution in [2.75, 3.05) is 0 Å². The first-order chi connectivity index (χ1) is 23.4. The van der Waals surface area contributed by atoms with Crippen molar-refractivity contribution < 1.29 is 48.0 Å². The molecule has 8 aromatic rings. The second-order valence-corrected chi connectivity index (χ2v) is 16.5. The zero-order chi connectivity index (χ0) is 30.6. The molecule has 1 aliphatic heterocycles. The van der Waals surface area contributed by atoms with Gasteiger partial charge in [0.15, 0.2) is 0 Å². The SMILES string of the molecule is [Cl-].[Cl-].c1ccc(-n2c3c4c5[c](cccc52)[Zr+2][c]2cccc5c2c2c(n5-c5ccccc5)-c5ccccc5C2CCC4c2ccccc2-3)cc1. The van der Waals surface area contributed by atoms with E-state index in [2.05, 4.69) is 155 Å². The molecule has 2 atom stereocenters. The molecule has 0 radical (unpaired) electrons. The summed E-state index contributed by atoms with van der Waals surface area (Å²) in [5, 5.41) is 3.05. The molecule has 0 spiro atoms. The Bertz CT molecular complexity index is 2390. The molecule has 0 N–H and O–H groups in total. The third kappa shape index (κ3) is 4.23. The second-order valence-electron chi connectivity index (χ2n) is 13.2. The average Bonchev–Trinajstić information content (AvgIpc) is 3.83. The van der Waals surface area contributed by atoms with Crippen molar-refractivity contribution in [1.82, 2.24) is 9.13 Å². The van der Waals surface area contributed by atoms with Crippen LogP contribution >= 0.6 is 0 Å². The summed E-state index contributed by atoms with van der Waals surface area (Å²) < 4.78 is 8.35. The minimum atomic E-state index is -1.26. The van der Waals surface area contributed by atoms with Crippen LogP contribution in [0, 0.1) is 0 Å². The van der Waals surface area contributed by atoms with Crippen molar-refractivity contribution in [1.29, 1.82) is 0 Å². The van der Waals surface area contributed by atoms with Crippen LogP contribution < -0.4 is 31.4 Å². The van der Waals surface area contributed by atoms with E-state index < -0.39 is 23.2 Å². The van der Waals surface area contributed by atoms with Gasteiger partial charge in [-0.3, -0.25) is 0 Å². The van der Waals surface area contributed by atoms with Gasteiger partial charge in [-0.25, -0.2) is 0 Å². The van der Waals surface area contributed by atoms with E-state index in [9.17, 15) is 0 Å². The summed E-state index contributed by atoms with van der Waals surface area (Å²) in [5.41, 5.74) is 17.0. The summed E-state index contributed by atoms with van der Waals surface area (Å²) in [7, 11) is 0. The Balaban J connectivity index is 0.00000162. The molecule has 0 saturated heterocycles. The quantitative estimate of drug-likeness (QED) is 0.256. The number of aromatic nitrogens is 2. The molecule has 2 unspecified atom stereocenters. The number of rotatable bonds is 2. The third-order valence-electron chi connectivity index (χ3n) is 11.0. The Labute approximate surface area is 309 Å². The fraction of sp³-hybridized carbons (Fsp3) is 0.0909. The number of halogens is 2. The molecule has 49 heavy (non-hydrogen) atoms. The first-order valence-electron chi connectivity index (χ1n) is 16.8. The Morgan fingerprint density at radius 1 is 0.429 bits per heavy atom. The summed E-state index contributed by atoms with van der Waals surface area (Å²) in [4.78, 5) is 0. The second kappa shape index (κ2) is 11.7. The van der Waals surface area contributed by atoms with Gasteiger partial charge in [0.1, 0.15) is 0 Å². The summed E-state index contributed by atoms with van der Waals surface area (Å²) in [5.74, 6) is 0.747. The molecule has 234 valence electrons. The van der Waals surface area contributed by atoms with Crippen LogP contribution in [0.4, 0.5) is 0 Å². The van der Waals surface area contributed by atoms with E-state index in [0.29, 0.717) is 11.8 Å². The van der Waals surface area contributed by atoms with Crippen LogP contribution in [-0.4, -0.2) is 9.13 Å². The molecular weight excluding hydrogens is 719 g/mol. The molecular formula is C44H30Cl2N2Zr. The third-order valence-corrected chi connectivity index (χ3v) is 14.4. The molecule has 3 aliphatic rings. The topological polar surface area (TPSA) is 9.86 Å². The summed E-state index contributed by atoms with van der Waals surface area (Å²) in [6.45, 7) is 0. The number of hydrogen-bond acceptors (Lipinski definition) is 0. The van der Waals surface area contributed by atoms with E-state index in [0.717, 1.165) is 12.8 Å². The van der Waals surface area contributed by atoms with E-state index in [4.69, 9.17) is 0 Å². The zero-order valence-corrected chi connectivity index (χ0v) is 30.5. The van der Waals surface area contributed by atoms with E-state index in [1.165, 1.54) is 66.8 Å². The van der Waals surface area contributed by atoms with Crippen LogP contribution in [0.5, 0.6) is 0 Å². The number of nitrogens with zero attached hydrogens (tertiary/aromatic N) is 2. The van der Waals surface area contributed by atoms with Gasteiger partial charge in [-0.05, 0) is 0 Å². The minimum absolute atomic E-state index is 0. The molecule has 0 saturated carbocycles. The Morgan fingerprint density at radius 2 is 0.837 bits per heavy atom. The molecule has 0 amide bonds. The van der Waals surface area contributed by atoms with Crippen LogP contribution in [0.3, 0.4) is 0 Å². The predicted octanol–water partition coefficient (Wildman–Crippen LogP) is 3.63. The fourth-order valence-electron chi connectivity index (χ4n) is 9.27. The van der Waals surface area contributed by atoms with Gasteiger partial charge in [0.05, 0.1) is 0 Å². The van der Waals surface area contributed by atoms with Gasteiger partial charge in [-0.1, -0.05) is 0 Å². The molecule has 6 aromatic carbocycles. The molecule has 2 aliphatic carbocycles. The van der Waals surface area contributed by atoms with E-state index >= 15 is 0 Å². The van der Waals surface area contributed by atoms with Gasteiger partial charge in [-0.15, -0.1) is 0 Å². The van der Waals surface area contributed by atoms with Crippen molar-refractivity contribution in [3.8, 4) is 33.9 Å². The number of hydrogen-bond donors (Lipinski definition) is 0. The fourth-order valence-corrected chi connectivity index (χ4v) is 12.8. The van der Waals surface area contributed by atoms with Crippen LogP contribution in [0.25, 0.3) is 55.7 Å². The van der Waals surface area contributed by atoms with Gasteiger partial charge < -0.3 is 24.8 Å². The van der Waals surface area contributed by atoms with Crippen molar-refractivity contribution >= 4 is 28.3 Å². The van der Waals surface area contributed by atoms with Gasteiger partial charge in [0.25, 0.3) is 0 Å². The van der Waals surface area contributed by atoms with Crippen molar-refractivity contribution in [3.63, 3.8) is 0 Å². The number of benzene rings is 6. The van der Waals surface area contributed by atoms with Crippen molar-refractivity contribution in [2.24, 2.45) is 0 Å².